The van der Waals surface area contributed by atoms with Crippen molar-refractivity contribution in [3.05, 3.63) is 93.5 Å². The van der Waals surface area contributed by atoms with Crippen LogP contribution in [0, 0.1) is 6.92 Å². The molecule has 0 bridgehead atoms. The zero-order valence-corrected chi connectivity index (χ0v) is 22.3. The van der Waals surface area contributed by atoms with Gasteiger partial charge < -0.3 is 14.6 Å². The van der Waals surface area contributed by atoms with Crippen LogP contribution in [0.2, 0.25) is 5.02 Å². The van der Waals surface area contributed by atoms with Crippen molar-refractivity contribution in [1.29, 1.82) is 0 Å². The lowest BCUT2D eigenvalue weighted by Crippen LogP contribution is -2.29. The lowest BCUT2D eigenvalue weighted by Gasteiger charge is -2.23. The Balaban J connectivity index is 1.88. The minimum Gasteiger partial charge on any atom is -0.507 e. The minimum atomic E-state index is -1.03. The summed E-state index contributed by atoms with van der Waals surface area (Å²) >= 11 is 6.93. The van der Waals surface area contributed by atoms with E-state index in [-0.39, 0.29) is 27.9 Å². The predicted octanol–water partition coefficient (Wildman–Crippen LogP) is 5.86. The van der Waals surface area contributed by atoms with Crippen LogP contribution in [0.1, 0.15) is 45.9 Å². The Morgan fingerprint density at radius 2 is 1.97 bits per heavy atom. The van der Waals surface area contributed by atoms with E-state index in [4.69, 9.17) is 21.1 Å². The molecule has 0 saturated carbocycles. The van der Waals surface area contributed by atoms with Gasteiger partial charge >= 0.3 is 11.9 Å². The Morgan fingerprint density at radius 1 is 1.24 bits per heavy atom. The Hall–Kier alpha value is -3.95. The van der Waals surface area contributed by atoms with Gasteiger partial charge in [-0.1, -0.05) is 54.6 Å². The number of hydrogen-bond acceptors (Lipinski definition) is 8. The fourth-order valence-electron chi connectivity index (χ4n) is 3.98. The lowest BCUT2D eigenvalue weighted by atomic mass is 9.95. The third-order valence-electron chi connectivity index (χ3n) is 5.72. The summed E-state index contributed by atoms with van der Waals surface area (Å²) in [5.41, 5.74) is 1.07. The van der Waals surface area contributed by atoms with Crippen LogP contribution in [-0.2, 0) is 14.3 Å². The topological polar surface area (TPSA) is 106 Å². The smallest absolute Gasteiger partial charge is 0.350 e. The molecular weight excluding hydrogens is 528 g/mol. The molecule has 196 valence electrons. The molecule has 1 unspecified atom stereocenters. The van der Waals surface area contributed by atoms with Crippen LogP contribution in [0.3, 0.4) is 0 Å². The molecule has 0 spiro atoms. The van der Waals surface area contributed by atoms with Gasteiger partial charge in [0.25, 0.3) is 5.78 Å². The highest BCUT2D eigenvalue weighted by Gasteiger charge is 2.48. The van der Waals surface area contributed by atoms with Crippen molar-refractivity contribution < 1.29 is 29.0 Å². The van der Waals surface area contributed by atoms with E-state index in [0.29, 0.717) is 34.2 Å². The van der Waals surface area contributed by atoms with Gasteiger partial charge in [-0.15, -0.1) is 0 Å². The van der Waals surface area contributed by atoms with Crippen LogP contribution in [0.5, 0.6) is 5.75 Å². The first-order valence-corrected chi connectivity index (χ1v) is 13.0. The number of esters is 1. The van der Waals surface area contributed by atoms with Gasteiger partial charge in [0.05, 0.1) is 23.9 Å². The molecule has 1 aromatic heterocycles. The van der Waals surface area contributed by atoms with E-state index in [9.17, 15) is 19.5 Å². The number of halogens is 1. The summed E-state index contributed by atoms with van der Waals surface area (Å²) in [5.74, 6) is -2.19. The van der Waals surface area contributed by atoms with Crippen molar-refractivity contribution in [3.63, 3.8) is 0 Å². The molecule has 2 heterocycles. The molecule has 8 nitrogen and oxygen atoms in total. The standard InChI is InChI=1S/C28H25ClN2O6S/c1-4-13-36-20-8-6-7-18(15-20)22-21(23(32)17-9-11-19(29)12-10-17)24(33)26(34)31(22)28-30-16(3)25(38-28)27(35)37-14-5-2/h5-12,15,22,32H,2,4,13-14H2,1,3H3. The highest BCUT2D eigenvalue weighted by Crippen LogP contribution is 2.44. The number of rotatable bonds is 9. The first kappa shape index (κ1) is 27.1. The maximum Gasteiger partial charge on any atom is 0.350 e. The van der Waals surface area contributed by atoms with Crippen molar-refractivity contribution in [2.24, 2.45) is 0 Å². The van der Waals surface area contributed by atoms with E-state index in [1.54, 1.807) is 55.5 Å². The van der Waals surface area contributed by atoms with Gasteiger partial charge in [-0.3, -0.25) is 14.5 Å². The van der Waals surface area contributed by atoms with Gasteiger partial charge in [0.15, 0.2) is 5.13 Å². The number of aromatic nitrogens is 1. The summed E-state index contributed by atoms with van der Waals surface area (Å²) in [6.45, 7) is 7.62. The summed E-state index contributed by atoms with van der Waals surface area (Å²) in [7, 11) is 0. The molecule has 1 saturated heterocycles. The quantitative estimate of drug-likeness (QED) is 0.116. The summed E-state index contributed by atoms with van der Waals surface area (Å²) in [4.78, 5) is 45.2. The van der Waals surface area contributed by atoms with Crippen molar-refractivity contribution in [1.82, 2.24) is 4.98 Å². The third kappa shape index (κ3) is 5.34. The normalized spacial score (nSPS) is 16.5. The summed E-state index contributed by atoms with van der Waals surface area (Å²) < 4.78 is 10.9. The van der Waals surface area contributed by atoms with E-state index < -0.39 is 23.7 Å². The summed E-state index contributed by atoms with van der Waals surface area (Å²) in [5, 5.41) is 11.8. The van der Waals surface area contributed by atoms with Crippen LogP contribution < -0.4 is 9.64 Å². The van der Waals surface area contributed by atoms with Crippen molar-refractivity contribution in [2.45, 2.75) is 26.3 Å². The molecule has 1 aliphatic heterocycles. The first-order chi connectivity index (χ1) is 18.3. The maximum absolute atomic E-state index is 13.4. The summed E-state index contributed by atoms with van der Waals surface area (Å²) in [6, 6.07) is 12.2. The number of aryl methyl sites for hydroxylation is 1. The lowest BCUT2D eigenvalue weighted by molar-refractivity contribution is -0.132. The number of amides is 1. The highest BCUT2D eigenvalue weighted by molar-refractivity contribution is 7.17. The van der Waals surface area contributed by atoms with Gasteiger partial charge in [0.1, 0.15) is 23.0 Å². The first-order valence-electron chi connectivity index (χ1n) is 11.8. The fraction of sp³-hybridized carbons (Fsp3) is 0.214. The van der Waals surface area contributed by atoms with E-state index in [0.717, 1.165) is 17.8 Å². The molecular formula is C28H25ClN2O6S. The predicted molar refractivity (Wildman–Crippen MR) is 146 cm³/mol. The second-order valence-corrected chi connectivity index (χ2v) is 9.81. The Kier molecular flexibility index (Phi) is 8.29. The Labute approximate surface area is 228 Å². The molecule has 0 aliphatic carbocycles. The zero-order chi connectivity index (χ0) is 27.4. The van der Waals surface area contributed by atoms with E-state index in [2.05, 4.69) is 11.6 Å². The molecule has 1 fully saturated rings. The largest absolute Gasteiger partial charge is 0.507 e. The Bertz CT molecular complexity index is 1430. The number of aliphatic hydroxyl groups excluding tert-OH is 1. The number of nitrogens with zero attached hydrogens (tertiary/aromatic N) is 2. The molecule has 3 aromatic rings. The van der Waals surface area contributed by atoms with Gasteiger partial charge in [-0.25, -0.2) is 9.78 Å². The number of aliphatic hydroxyl groups is 1. The second-order valence-electron chi connectivity index (χ2n) is 8.40. The number of hydrogen-bond donors (Lipinski definition) is 1. The molecule has 2 aromatic carbocycles. The van der Waals surface area contributed by atoms with E-state index >= 15 is 0 Å². The average molecular weight is 553 g/mol. The number of Topliss-reactive ketones (excluding diaryl/α,β-unsaturated/α-hetero) is 1. The number of anilines is 1. The molecule has 1 aliphatic rings. The van der Waals surface area contributed by atoms with Crippen LogP contribution >= 0.6 is 22.9 Å². The zero-order valence-electron chi connectivity index (χ0n) is 20.8. The van der Waals surface area contributed by atoms with Crippen molar-refractivity contribution in [2.75, 3.05) is 18.1 Å². The average Bonchev–Trinajstić information content (AvgIpc) is 3.42. The highest BCUT2D eigenvalue weighted by atomic mass is 35.5. The molecule has 38 heavy (non-hydrogen) atoms. The summed E-state index contributed by atoms with van der Waals surface area (Å²) in [6.07, 6.45) is 2.24. The number of thiazole rings is 1. The van der Waals surface area contributed by atoms with E-state index in [1.807, 2.05) is 6.92 Å². The Morgan fingerprint density at radius 3 is 2.66 bits per heavy atom. The molecule has 1 atom stereocenters. The van der Waals surface area contributed by atoms with Gasteiger partial charge in [0.2, 0.25) is 0 Å². The number of benzene rings is 2. The number of ketones is 1. The second kappa shape index (κ2) is 11.6. The van der Waals surface area contributed by atoms with Crippen LogP contribution in [-0.4, -0.2) is 41.0 Å². The molecule has 1 amide bonds. The number of carbonyl (C=O) groups is 3. The molecule has 1 N–H and O–H groups in total. The van der Waals surface area contributed by atoms with Gasteiger partial charge in [-0.05, 0) is 55.3 Å². The minimum absolute atomic E-state index is 0.0155. The monoisotopic (exact) mass is 552 g/mol. The maximum atomic E-state index is 13.4. The van der Waals surface area contributed by atoms with Crippen LogP contribution in [0.4, 0.5) is 5.13 Å². The van der Waals surface area contributed by atoms with Crippen LogP contribution in [0.15, 0.2) is 66.8 Å². The molecule has 4 rings (SSSR count). The van der Waals surface area contributed by atoms with E-state index in [1.165, 1.54) is 11.0 Å². The van der Waals surface area contributed by atoms with Crippen molar-refractivity contribution >= 4 is 51.5 Å². The third-order valence-corrected chi connectivity index (χ3v) is 7.11. The fourth-order valence-corrected chi connectivity index (χ4v) is 5.09. The number of carbonyl (C=O) groups excluding carboxylic acids is 3. The molecule has 10 heteroatoms. The van der Waals surface area contributed by atoms with Crippen LogP contribution in [0.25, 0.3) is 5.76 Å². The van der Waals surface area contributed by atoms with Crippen molar-refractivity contribution in [3.8, 4) is 5.75 Å². The molecule has 0 radical (unpaired) electrons. The SMILES string of the molecule is C=CCOC(=O)c1sc(N2C(=O)C(=O)C(=C(O)c3ccc(Cl)cc3)C2c2cccc(OCCC)c2)nc1C. The van der Waals surface area contributed by atoms with Gasteiger partial charge in [0, 0.05) is 10.6 Å². The van der Waals surface area contributed by atoms with Gasteiger partial charge in [-0.2, -0.15) is 0 Å². The number of ether oxygens (including phenoxy) is 2.